The summed E-state index contributed by atoms with van der Waals surface area (Å²) in [6.07, 6.45) is 0.130. The molecular weight excluding hydrogens is 275 g/mol. The maximum absolute atomic E-state index is 12.1. The van der Waals surface area contributed by atoms with Gasteiger partial charge in [0.25, 0.3) is 0 Å². The van der Waals surface area contributed by atoms with Gasteiger partial charge in [-0.25, -0.2) is 4.79 Å². The first kappa shape index (κ1) is 17.5. The minimum atomic E-state index is -0.474. The van der Waals surface area contributed by atoms with Crippen molar-refractivity contribution < 1.29 is 13.9 Å². The van der Waals surface area contributed by atoms with Crippen molar-refractivity contribution in [3.05, 3.63) is 0 Å². The minimum Gasteiger partial charge on any atom is -0.444 e. The van der Waals surface area contributed by atoms with Gasteiger partial charge in [-0.15, -0.1) is 0 Å². The van der Waals surface area contributed by atoms with E-state index in [0.29, 0.717) is 32.0 Å². The van der Waals surface area contributed by atoms with Crippen molar-refractivity contribution in [1.82, 2.24) is 15.5 Å². The molecule has 0 radical (unpaired) electrons. The molecule has 0 saturated carbocycles. The number of aliphatic imine (C=N–C) groups is 1. The number of ether oxygens (including phenoxy) is 1. The molecule has 1 fully saturated rings. The predicted octanol–water partition coefficient (Wildman–Crippen LogP) is 1.52. The number of amides is 1. The summed E-state index contributed by atoms with van der Waals surface area (Å²) >= 11 is 0. The van der Waals surface area contributed by atoms with Gasteiger partial charge in [0.1, 0.15) is 5.60 Å². The maximum Gasteiger partial charge on any atom is 0.410 e. The molecule has 1 aliphatic heterocycles. The van der Waals surface area contributed by atoms with E-state index in [-0.39, 0.29) is 18.8 Å². The zero-order valence-corrected chi connectivity index (χ0v) is 13.4. The van der Waals surface area contributed by atoms with Crippen molar-refractivity contribution in [3.63, 3.8) is 0 Å². The zero-order chi connectivity index (χ0) is 15.9. The Bertz CT molecular complexity index is 362. The molecule has 0 bridgehead atoms. The average molecular weight is 302 g/mol. The molecule has 6 nitrogen and oxygen atoms in total. The summed E-state index contributed by atoms with van der Waals surface area (Å²) in [5.41, 5.74) is -0.474. The molecule has 0 aromatic heterocycles. The van der Waals surface area contributed by atoms with Crippen LogP contribution in [-0.4, -0.2) is 61.4 Å². The van der Waals surface area contributed by atoms with Crippen molar-refractivity contribution in [3.8, 4) is 0 Å². The molecule has 0 aromatic rings. The molecule has 1 rings (SSSR count). The molecule has 0 atom stereocenters. The van der Waals surface area contributed by atoms with Crippen molar-refractivity contribution in [2.75, 3.05) is 32.9 Å². The highest BCUT2D eigenvalue weighted by Crippen LogP contribution is 2.15. The van der Waals surface area contributed by atoms with Crippen LogP contribution in [0.25, 0.3) is 0 Å². The van der Waals surface area contributed by atoms with E-state index >= 15 is 0 Å². The van der Waals surface area contributed by atoms with Crippen LogP contribution < -0.4 is 10.6 Å². The molecule has 122 valence electrons. The second-order valence-electron chi connectivity index (χ2n) is 6.03. The van der Waals surface area contributed by atoms with E-state index in [2.05, 4.69) is 15.6 Å². The van der Waals surface area contributed by atoms with Gasteiger partial charge in [0, 0.05) is 26.2 Å². The van der Waals surface area contributed by atoms with Gasteiger partial charge >= 0.3 is 6.09 Å². The second-order valence-corrected chi connectivity index (χ2v) is 6.03. The van der Waals surface area contributed by atoms with Gasteiger partial charge in [0.15, 0.2) is 5.96 Å². The molecule has 1 amide bonds. The molecule has 0 aromatic carbocycles. The maximum atomic E-state index is 12.1. The van der Waals surface area contributed by atoms with Crippen LogP contribution in [0.5, 0.6) is 0 Å². The normalized spacial score (nSPS) is 16.4. The third-order valence-electron chi connectivity index (χ3n) is 2.78. The van der Waals surface area contributed by atoms with Crippen LogP contribution in [0.15, 0.2) is 4.99 Å². The molecule has 0 spiro atoms. The number of guanidine groups is 1. The molecule has 0 unspecified atom stereocenters. The van der Waals surface area contributed by atoms with Gasteiger partial charge in [-0.2, -0.15) is 0 Å². The fraction of sp³-hybridized carbons (Fsp3) is 0.857. The highest BCUT2D eigenvalue weighted by atomic mass is 19.1. The molecule has 21 heavy (non-hydrogen) atoms. The van der Waals surface area contributed by atoms with Gasteiger partial charge in [-0.05, 0) is 34.1 Å². The number of hydrogen-bond acceptors (Lipinski definition) is 3. The van der Waals surface area contributed by atoms with E-state index in [4.69, 9.17) is 4.74 Å². The van der Waals surface area contributed by atoms with E-state index in [9.17, 15) is 9.18 Å². The number of carbonyl (C=O) groups excluding carboxylic acids is 1. The first-order valence-corrected chi connectivity index (χ1v) is 7.44. The van der Waals surface area contributed by atoms with E-state index in [1.807, 2.05) is 27.7 Å². The van der Waals surface area contributed by atoms with Crippen LogP contribution in [0, 0.1) is 0 Å². The van der Waals surface area contributed by atoms with Gasteiger partial charge < -0.3 is 20.3 Å². The van der Waals surface area contributed by atoms with Crippen LogP contribution in [-0.2, 0) is 4.74 Å². The fourth-order valence-electron chi connectivity index (χ4n) is 1.81. The molecule has 1 aliphatic rings. The van der Waals surface area contributed by atoms with Gasteiger partial charge in [0.2, 0.25) is 0 Å². The topological polar surface area (TPSA) is 66.0 Å². The third kappa shape index (κ3) is 6.64. The average Bonchev–Trinajstić information content (AvgIpc) is 2.30. The highest BCUT2D eigenvalue weighted by Gasteiger charge is 2.34. The monoisotopic (exact) mass is 302 g/mol. The van der Waals surface area contributed by atoms with E-state index in [0.717, 1.165) is 6.54 Å². The Morgan fingerprint density at radius 3 is 2.62 bits per heavy atom. The number of halogens is 1. The molecule has 1 heterocycles. The Kier molecular flexibility index (Phi) is 6.71. The van der Waals surface area contributed by atoms with Crippen LogP contribution in [0.2, 0.25) is 0 Å². The van der Waals surface area contributed by atoms with E-state index in [1.165, 1.54) is 0 Å². The van der Waals surface area contributed by atoms with Gasteiger partial charge in [-0.3, -0.25) is 9.38 Å². The molecule has 1 saturated heterocycles. The highest BCUT2D eigenvalue weighted by molar-refractivity contribution is 5.80. The summed E-state index contributed by atoms with van der Waals surface area (Å²) in [4.78, 5) is 17.7. The van der Waals surface area contributed by atoms with Crippen molar-refractivity contribution >= 4 is 12.1 Å². The van der Waals surface area contributed by atoms with Crippen molar-refractivity contribution in [2.45, 2.75) is 45.8 Å². The number of alkyl halides is 1. The molecule has 2 N–H and O–H groups in total. The zero-order valence-electron chi connectivity index (χ0n) is 13.4. The van der Waals surface area contributed by atoms with Crippen molar-refractivity contribution in [2.24, 2.45) is 4.99 Å². The Morgan fingerprint density at radius 1 is 1.43 bits per heavy atom. The number of hydrogen-bond donors (Lipinski definition) is 2. The largest absolute Gasteiger partial charge is 0.444 e. The van der Waals surface area contributed by atoms with Crippen LogP contribution in [0.1, 0.15) is 34.1 Å². The van der Waals surface area contributed by atoms with E-state index in [1.54, 1.807) is 4.90 Å². The Morgan fingerprint density at radius 2 is 2.10 bits per heavy atom. The fourth-order valence-corrected chi connectivity index (χ4v) is 1.81. The summed E-state index contributed by atoms with van der Waals surface area (Å²) in [6, 6.07) is 0.153. The molecule has 7 heteroatoms. The van der Waals surface area contributed by atoms with Crippen LogP contribution >= 0.6 is 0 Å². The number of likely N-dealkylation sites (tertiary alicyclic amines) is 1. The second kappa shape index (κ2) is 8.05. The van der Waals surface area contributed by atoms with Crippen LogP contribution in [0.4, 0.5) is 9.18 Å². The van der Waals surface area contributed by atoms with E-state index < -0.39 is 5.60 Å². The third-order valence-corrected chi connectivity index (χ3v) is 2.78. The SMILES string of the molecule is CCNC(=NCCCF)NC1CN(C(=O)OC(C)(C)C)C1. The molecular formula is C14H27FN4O2. The standard InChI is InChI=1S/C14H27FN4O2/c1-5-16-12(17-8-6-7-15)18-11-9-19(10-11)13(20)21-14(2,3)4/h11H,5-10H2,1-4H3,(H2,16,17,18). The lowest BCUT2D eigenvalue weighted by molar-refractivity contribution is 0.00701. The van der Waals surface area contributed by atoms with Gasteiger partial charge in [0.05, 0.1) is 12.7 Å². The Hall–Kier alpha value is -1.53. The summed E-state index contributed by atoms with van der Waals surface area (Å²) in [7, 11) is 0. The quantitative estimate of drug-likeness (QED) is 0.459. The van der Waals surface area contributed by atoms with Crippen molar-refractivity contribution in [1.29, 1.82) is 0 Å². The minimum absolute atomic E-state index is 0.153. The molecule has 0 aliphatic carbocycles. The lowest BCUT2D eigenvalue weighted by atomic mass is 10.1. The van der Waals surface area contributed by atoms with Crippen LogP contribution in [0.3, 0.4) is 0 Å². The Labute approximate surface area is 126 Å². The summed E-state index contributed by atoms with van der Waals surface area (Å²) in [5, 5.41) is 6.33. The Balaban J connectivity index is 2.34. The lowest BCUT2D eigenvalue weighted by Gasteiger charge is -2.40. The summed E-state index contributed by atoms with van der Waals surface area (Å²) in [5.74, 6) is 0.666. The number of rotatable bonds is 5. The number of nitrogens with one attached hydrogen (secondary N) is 2. The summed E-state index contributed by atoms with van der Waals surface area (Å²) < 4.78 is 17.4. The predicted molar refractivity (Wildman–Crippen MR) is 81.3 cm³/mol. The first-order valence-electron chi connectivity index (χ1n) is 7.44. The van der Waals surface area contributed by atoms with Gasteiger partial charge in [-0.1, -0.05) is 0 Å². The smallest absolute Gasteiger partial charge is 0.410 e. The number of carbonyl (C=O) groups is 1. The summed E-state index contributed by atoms with van der Waals surface area (Å²) in [6.45, 7) is 9.52. The number of nitrogens with zero attached hydrogens (tertiary/aromatic N) is 2. The first-order chi connectivity index (χ1) is 9.85. The lowest BCUT2D eigenvalue weighted by Crippen LogP contribution is -2.63.